The molecule has 0 aliphatic carbocycles. The number of methoxy groups -OCH3 is 1. The lowest BCUT2D eigenvalue weighted by atomic mass is 10.1. The molecule has 26 heavy (non-hydrogen) atoms. The number of aromatic nitrogens is 1. The Bertz CT molecular complexity index is 794. The number of carbonyl (C=O) groups is 1. The average molecular weight is 373 g/mol. The molecule has 2 atom stereocenters. The van der Waals surface area contributed by atoms with Gasteiger partial charge in [-0.1, -0.05) is 12.1 Å². The van der Waals surface area contributed by atoms with Crippen molar-refractivity contribution in [1.29, 1.82) is 0 Å². The van der Waals surface area contributed by atoms with Crippen LogP contribution in [-0.4, -0.2) is 59.6 Å². The number of morpholine rings is 1. The highest BCUT2D eigenvalue weighted by atomic mass is 32.1. The van der Waals surface area contributed by atoms with Crippen molar-refractivity contribution < 1.29 is 14.3 Å². The van der Waals surface area contributed by atoms with E-state index in [-0.39, 0.29) is 24.7 Å². The quantitative estimate of drug-likeness (QED) is 0.803. The first-order valence-electron chi connectivity index (χ1n) is 8.80. The van der Waals surface area contributed by atoms with Gasteiger partial charge < -0.3 is 14.4 Å². The van der Waals surface area contributed by atoms with Crippen molar-refractivity contribution in [3.8, 4) is 5.75 Å². The second-order valence-electron chi connectivity index (χ2n) is 6.84. The van der Waals surface area contributed by atoms with E-state index >= 15 is 0 Å². The molecule has 1 amide bonds. The number of aryl methyl sites for hydroxylation is 1. The second kappa shape index (κ2) is 7.34. The zero-order valence-electron chi connectivity index (χ0n) is 15.1. The number of fused-ring (bicyclic) bond motifs is 1. The van der Waals surface area contributed by atoms with Crippen molar-refractivity contribution in [3.63, 3.8) is 0 Å². The molecular formula is C19H23N3O3S. The summed E-state index contributed by atoms with van der Waals surface area (Å²) in [6.45, 7) is 5.20. The van der Waals surface area contributed by atoms with Crippen molar-refractivity contribution >= 4 is 17.2 Å². The normalized spacial score (nSPS) is 23.3. The van der Waals surface area contributed by atoms with Gasteiger partial charge in [0.25, 0.3) is 0 Å². The Balaban J connectivity index is 1.45. The summed E-state index contributed by atoms with van der Waals surface area (Å²) in [5.74, 6) is 0.922. The topological polar surface area (TPSA) is 54.9 Å². The van der Waals surface area contributed by atoms with E-state index < -0.39 is 0 Å². The third-order valence-corrected chi connectivity index (χ3v) is 5.82. The van der Waals surface area contributed by atoms with Gasteiger partial charge in [-0.25, -0.2) is 4.98 Å². The van der Waals surface area contributed by atoms with Gasteiger partial charge in [0.2, 0.25) is 5.91 Å². The molecule has 6 nitrogen and oxygen atoms in total. The molecule has 0 spiro atoms. The molecule has 1 aromatic carbocycles. The Morgan fingerprint density at radius 3 is 3.00 bits per heavy atom. The second-order valence-corrected chi connectivity index (χ2v) is 7.90. The number of hydrogen-bond acceptors (Lipinski definition) is 6. The van der Waals surface area contributed by atoms with Crippen LogP contribution in [0.2, 0.25) is 0 Å². The molecule has 1 aromatic heterocycles. The van der Waals surface area contributed by atoms with Crippen LogP contribution in [0.4, 0.5) is 0 Å². The molecule has 0 N–H and O–H groups in total. The lowest BCUT2D eigenvalue weighted by Crippen LogP contribution is -2.53. The van der Waals surface area contributed by atoms with E-state index in [9.17, 15) is 4.79 Å². The van der Waals surface area contributed by atoms with E-state index in [1.807, 2.05) is 29.3 Å². The van der Waals surface area contributed by atoms with Crippen molar-refractivity contribution in [2.45, 2.75) is 32.2 Å². The van der Waals surface area contributed by atoms with E-state index in [0.717, 1.165) is 36.1 Å². The fourth-order valence-corrected chi connectivity index (χ4v) is 4.36. The fourth-order valence-electron chi connectivity index (χ4n) is 3.76. The first-order valence-corrected chi connectivity index (χ1v) is 9.67. The average Bonchev–Trinajstić information content (AvgIpc) is 3.23. The van der Waals surface area contributed by atoms with Gasteiger partial charge in [-0.15, -0.1) is 11.3 Å². The highest BCUT2D eigenvalue weighted by Gasteiger charge is 2.43. The van der Waals surface area contributed by atoms with Gasteiger partial charge in [0.1, 0.15) is 12.4 Å². The molecule has 0 unspecified atom stereocenters. The largest absolute Gasteiger partial charge is 0.497 e. The lowest BCUT2D eigenvalue weighted by molar-refractivity contribution is -0.154. The number of benzene rings is 1. The predicted molar refractivity (Wildman–Crippen MR) is 99.2 cm³/mol. The van der Waals surface area contributed by atoms with Crippen molar-refractivity contribution in [3.05, 3.63) is 45.9 Å². The van der Waals surface area contributed by atoms with Gasteiger partial charge in [-0.2, -0.15) is 0 Å². The van der Waals surface area contributed by atoms with E-state index in [1.54, 1.807) is 18.4 Å². The van der Waals surface area contributed by atoms with Gasteiger partial charge in [0.05, 0.1) is 36.5 Å². The van der Waals surface area contributed by atoms with Gasteiger partial charge in [0, 0.05) is 25.0 Å². The Labute approximate surface area is 157 Å². The molecule has 0 saturated carbocycles. The summed E-state index contributed by atoms with van der Waals surface area (Å²) in [6, 6.07) is 8.21. The minimum Gasteiger partial charge on any atom is -0.497 e. The number of nitrogens with zero attached hydrogens (tertiary/aromatic N) is 3. The molecule has 2 saturated heterocycles. The van der Waals surface area contributed by atoms with E-state index in [4.69, 9.17) is 9.47 Å². The molecular weight excluding hydrogens is 350 g/mol. The summed E-state index contributed by atoms with van der Waals surface area (Å²) in [4.78, 5) is 21.3. The van der Waals surface area contributed by atoms with Gasteiger partial charge in [-0.05, 0) is 24.6 Å². The van der Waals surface area contributed by atoms with Crippen molar-refractivity contribution in [2.75, 3.05) is 26.8 Å². The van der Waals surface area contributed by atoms with Crippen LogP contribution in [0, 0.1) is 6.92 Å². The van der Waals surface area contributed by atoms with Crippen molar-refractivity contribution in [1.82, 2.24) is 14.8 Å². The number of ether oxygens (including phenoxy) is 2. The monoisotopic (exact) mass is 373 g/mol. The van der Waals surface area contributed by atoms with Crippen LogP contribution in [0.1, 0.15) is 16.3 Å². The van der Waals surface area contributed by atoms with Crippen LogP contribution in [0.25, 0.3) is 0 Å². The molecule has 4 rings (SSSR count). The molecule has 2 aliphatic heterocycles. The standard InChI is InChI=1S/C19H23N3O3S/c1-13-20-15(12-26-13)8-22-17-9-21(10-18(17)25-11-19(22)23)7-14-4-3-5-16(6-14)24-2/h3-6,12,17-18H,7-11H2,1-2H3/t17-,18-/m1/s1. The maximum Gasteiger partial charge on any atom is 0.249 e. The molecule has 7 heteroatoms. The molecule has 2 aliphatic rings. The molecule has 0 radical (unpaired) electrons. The van der Waals surface area contributed by atoms with Gasteiger partial charge in [0.15, 0.2) is 0 Å². The number of amides is 1. The smallest absolute Gasteiger partial charge is 0.249 e. The van der Waals surface area contributed by atoms with Crippen LogP contribution in [0.15, 0.2) is 29.6 Å². The summed E-state index contributed by atoms with van der Waals surface area (Å²) in [5.41, 5.74) is 2.17. The van der Waals surface area contributed by atoms with Crippen molar-refractivity contribution in [2.24, 2.45) is 0 Å². The predicted octanol–water partition coefficient (Wildman–Crippen LogP) is 2.07. The number of carbonyl (C=O) groups excluding carboxylic acids is 1. The number of thiazole rings is 1. The maximum atomic E-state index is 12.4. The van der Waals surface area contributed by atoms with Crippen LogP contribution < -0.4 is 4.74 Å². The van der Waals surface area contributed by atoms with Crippen LogP contribution >= 0.6 is 11.3 Å². The third-order valence-electron chi connectivity index (χ3n) is 4.99. The highest BCUT2D eigenvalue weighted by molar-refractivity contribution is 7.09. The van der Waals surface area contributed by atoms with Crippen LogP contribution in [-0.2, 0) is 22.6 Å². The third kappa shape index (κ3) is 3.60. The zero-order valence-corrected chi connectivity index (χ0v) is 15.9. The minimum atomic E-state index is 0.0557. The summed E-state index contributed by atoms with van der Waals surface area (Å²) in [5, 5.41) is 3.07. The van der Waals surface area contributed by atoms with Crippen LogP contribution in [0.3, 0.4) is 0 Å². The lowest BCUT2D eigenvalue weighted by Gasteiger charge is -2.36. The summed E-state index contributed by atoms with van der Waals surface area (Å²) in [6.07, 6.45) is 0.0676. The summed E-state index contributed by atoms with van der Waals surface area (Å²) in [7, 11) is 1.68. The Morgan fingerprint density at radius 1 is 1.35 bits per heavy atom. The van der Waals surface area contributed by atoms with Crippen LogP contribution in [0.5, 0.6) is 5.75 Å². The number of likely N-dealkylation sites (tertiary alicyclic amines) is 1. The highest BCUT2D eigenvalue weighted by Crippen LogP contribution is 2.27. The SMILES string of the molecule is COc1cccc(CN2C[C@@H]3[C@@H](C2)OCC(=O)N3Cc2csc(C)n2)c1. The zero-order chi connectivity index (χ0) is 18.1. The van der Waals surface area contributed by atoms with E-state index in [0.29, 0.717) is 6.54 Å². The fraction of sp³-hybridized carbons (Fsp3) is 0.474. The van der Waals surface area contributed by atoms with Gasteiger partial charge in [-0.3, -0.25) is 9.69 Å². The van der Waals surface area contributed by atoms with Gasteiger partial charge >= 0.3 is 0 Å². The summed E-state index contributed by atoms with van der Waals surface area (Å²) >= 11 is 1.62. The van der Waals surface area contributed by atoms with E-state index in [2.05, 4.69) is 22.0 Å². The Kier molecular flexibility index (Phi) is 4.93. The Morgan fingerprint density at radius 2 is 2.23 bits per heavy atom. The first-order chi connectivity index (χ1) is 12.6. The molecule has 3 heterocycles. The number of hydrogen-bond donors (Lipinski definition) is 0. The minimum absolute atomic E-state index is 0.0557. The Hall–Kier alpha value is -1.96. The van der Waals surface area contributed by atoms with E-state index in [1.165, 1.54) is 5.56 Å². The molecule has 138 valence electrons. The molecule has 0 bridgehead atoms. The maximum absolute atomic E-state index is 12.4. The number of rotatable bonds is 5. The molecule has 2 fully saturated rings. The molecule has 2 aromatic rings. The first kappa shape index (κ1) is 17.5. The summed E-state index contributed by atoms with van der Waals surface area (Å²) < 4.78 is 11.1.